The molecular weight excluding hydrogens is 442 g/mol. The molecule has 160 valence electrons. The van der Waals surface area contributed by atoms with Gasteiger partial charge in [0, 0.05) is 24.1 Å². The fourth-order valence-electron chi connectivity index (χ4n) is 4.47. The molecule has 2 aromatic carbocycles. The molecule has 2 aromatic rings. The molecule has 0 saturated carbocycles. The van der Waals surface area contributed by atoms with Gasteiger partial charge in [-0.25, -0.2) is 0 Å². The first-order valence-electron chi connectivity index (χ1n) is 10.4. The molecule has 0 radical (unpaired) electrons. The molecule has 0 aromatic heterocycles. The first-order valence-corrected chi connectivity index (χ1v) is 11.2. The zero-order chi connectivity index (χ0) is 21.6. The highest BCUT2D eigenvalue weighted by atomic mass is 79.9. The number of halogens is 1. The largest absolute Gasteiger partial charge is 0.465 e. The average Bonchev–Trinajstić information content (AvgIpc) is 2.73. The number of esters is 1. The zero-order valence-electron chi connectivity index (χ0n) is 17.5. The Kier molecular flexibility index (Phi) is 7.50. The van der Waals surface area contributed by atoms with Gasteiger partial charge in [0.05, 0.1) is 12.2 Å². The highest BCUT2D eigenvalue weighted by molar-refractivity contribution is 9.10. The van der Waals surface area contributed by atoms with E-state index >= 15 is 0 Å². The third-order valence-electron chi connectivity index (χ3n) is 6.04. The predicted molar refractivity (Wildman–Crippen MR) is 123 cm³/mol. The van der Waals surface area contributed by atoms with E-state index in [0.29, 0.717) is 32.4 Å². The molecular formula is C25H30BrNO3. The highest BCUT2D eigenvalue weighted by Crippen LogP contribution is 2.46. The van der Waals surface area contributed by atoms with Crippen molar-refractivity contribution >= 4 is 21.9 Å². The minimum absolute atomic E-state index is 0.282. The summed E-state index contributed by atoms with van der Waals surface area (Å²) >= 11 is 3.47. The summed E-state index contributed by atoms with van der Waals surface area (Å²) in [5, 5.41) is 11.8. The maximum absolute atomic E-state index is 13.4. The number of likely N-dealkylation sites (tertiary alicyclic amines) is 1. The third kappa shape index (κ3) is 4.85. The molecule has 30 heavy (non-hydrogen) atoms. The molecule has 0 aliphatic carbocycles. The van der Waals surface area contributed by atoms with E-state index in [1.807, 2.05) is 49.4 Å². The Hall–Kier alpha value is -1.95. The maximum atomic E-state index is 13.4. The van der Waals surface area contributed by atoms with Gasteiger partial charge in [-0.15, -0.1) is 6.58 Å². The molecule has 2 atom stereocenters. The molecule has 1 aliphatic heterocycles. The van der Waals surface area contributed by atoms with E-state index < -0.39 is 11.0 Å². The molecule has 0 spiro atoms. The van der Waals surface area contributed by atoms with Crippen molar-refractivity contribution < 1.29 is 14.6 Å². The summed E-state index contributed by atoms with van der Waals surface area (Å²) in [4.78, 5) is 15.7. The van der Waals surface area contributed by atoms with Gasteiger partial charge in [0.1, 0.15) is 5.41 Å². The predicted octanol–water partition coefficient (Wildman–Crippen LogP) is 4.75. The smallest absolute Gasteiger partial charge is 0.316 e. The van der Waals surface area contributed by atoms with Crippen molar-refractivity contribution in [3.05, 3.63) is 82.9 Å². The van der Waals surface area contributed by atoms with Crippen LogP contribution in [0.5, 0.6) is 0 Å². The Balaban J connectivity index is 1.99. The molecule has 5 heteroatoms. The van der Waals surface area contributed by atoms with Gasteiger partial charge in [-0.3, -0.25) is 9.69 Å². The molecule has 1 saturated heterocycles. The van der Waals surface area contributed by atoms with Crippen LogP contribution in [0.25, 0.3) is 0 Å². The van der Waals surface area contributed by atoms with Gasteiger partial charge < -0.3 is 9.84 Å². The van der Waals surface area contributed by atoms with Crippen LogP contribution in [0.2, 0.25) is 0 Å². The summed E-state index contributed by atoms with van der Waals surface area (Å²) in [5.74, 6) is -0.338. The van der Waals surface area contributed by atoms with Crippen LogP contribution in [0.15, 0.2) is 71.7 Å². The second kappa shape index (κ2) is 9.90. The lowest BCUT2D eigenvalue weighted by Crippen LogP contribution is -2.64. The van der Waals surface area contributed by atoms with Crippen LogP contribution in [0, 0.1) is 5.41 Å². The first-order chi connectivity index (χ1) is 14.4. The lowest BCUT2D eigenvalue weighted by atomic mass is 9.62. The van der Waals surface area contributed by atoms with Crippen molar-refractivity contribution in [2.45, 2.75) is 38.3 Å². The summed E-state index contributed by atoms with van der Waals surface area (Å²) in [6.07, 6.45) is 2.96. The number of carbonyl (C=O) groups is 1. The van der Waals surface area contributed by atoms with Crippen LogP contribution in [0.3, 0.4) is 0 Å². The van der Waals surface area contributed by atoms with Gasteiger partial charge >= 0.3 is 5.97 Å². The number of rotatable bonds is 8. The second-order valence-electron chi connectivity index (χ2n) is 8.08. The summed E-state index contributed by atoms with van der Waals surface area (Å²) < 4.78 is 6.53. The standard InChI is InChI=1S/C25H30BrNO3/c1-3-14-25(29)15-16-27(18-21-8-6-5-7-9-21)19-24(25,23(28)30-4-2)17-20-10-12-22(26)13-11-20/h3,5-13,29H,1,4,14-19H2,2H3/t24-,25+/m0/s1. The molecule has 1 heterocycles. The Morgan fingerprint density at radius 3 is 2.53 bits per heavy atom. The van der Waals surface area contributed by atoms with Crippen molar-refractivity contribution in [3.8, 4) is 0 Å². The van der Waals surface area contributed by atoms with Crippen LogP contribution in [-0.4, -0.2) is 41.3 Å². The van der Waals surface area contributed by atoms with Crippen molar-refractivity contribution in [2.75, 3.05) is 19.7 Å². The van der Waals surface area contributed by atoms with Crippen LogP contribution in [-0.2, 0) is 22.5 Å². The summed E-state index contributed by atoms with van der Waals surface area (Å²) in [5.41, 5.74) is -0.0948. The number of benzene rings is 2. The lowest BCUT2D eigenvalue weighted by Gasteiger charge is -2.52. The van der Waals surface area contributed by atoms with E-state index in [-0.39, 0.29) is 12.6 Å². The molecule has 0 amide bonds. The van der Waals surface area contributed by atoms with Crippen molar-refractivity contribution in [1.29, 1.82) is 0 Å². The molecule has 1 N–H and O–H groups in total. The van der Waals surface area contributed by atoms with Gasteiger partial charge in [0.25, 0.3) is 0 Å². The Labute approximate surface area is 187 Å². The van der Waals surface area contributed by atoms with Crippen molar-refractivity contribution in [2.24, 2.45) is 5.41 Å². The monoisotopic (exact) mass is 471 g/mol. The Morgan fingerprint density at radius 2 is 1.90 bits per heavy atom. The molecule has 4 nitrogen and oxygen atoms in total. The molecule has 1 aliphatic rings. The highest BCUT2D eigenvalue weighted by Gasteiger charge is 2.58. The number of nitrogens with zero attached hydrogens (tertiary/aromatic N) is 1. The van der Waals surface area contributed by atoms with E-state index in [4.69, 9.17) is 4.74 Å². The quantitative estimate of drug-likeness (QED) is 0.445. The normalized spacial score (nSPS) is 24.4. The Bertz CT molecular complexity index is 854. The lowest BCUT2D eigenvalue weighted by molar-refractivity contribution is -0.189. The van der Waals surface area contributed by atoms with Crippen LogP contribution >= 0.6 is 15.9 Å². The second-order valence-corrected chi connectivity index (χ2v) is 8.99. The minimum Gasteiger partial charge on any atom is -0.465 e. The molecule has 0 bridgehead atoms. The number of piperidine rings is 1. The molecule has 1 fully saturated rings. The maximum Gasteiger partial charge on any atom is 0.316 e. The van der Waals surface area contributed by atoms with E-state index in [1.165, 1.54) is 5.56 Å². The van der Waals surface area contributed by atoms with Crippen LogP contribution in [0.1, 0.15) is 30.9 Å². The van der Waals surface area contributed by atoms with Gasteiger partial charge in [-0.1, -0.05) is 64.5 Å². The van der Waals surface area contributed by atoms with Crippen LogP contribution in [0.4, 0.5) is 0 Å². The van der Waals surface area contributed by atoms with Gasteiger partial charge in [0.2, 0.25) is 0 Å². The van der Waals surface area contributed by atoms with Crippen molar-refractivity contribution in [1.82, 2.24) is 4.90 Å². The van der Waals surface area contributed by atoms with Crippen LogP contribution < -0.4 is 0 Å². The van der Waals surface area contributed by atoms with Gasteiger partial charge in [0.15, 0.2) is 0 Å². The van der Waals surface area contributed by atoms with Gasteiger partial charge in [-0.2, -0.15) is 0 Å². The SMILES string of the molecule is C=CC[C@@]1(O)CCN(Cc2ccccc2)C[C@@]1(Cc1ccc(Br)cc1)C(=O)OCC. The Morgan fingerprint density at radius 1 is 1.20 bits per heavy atom. The third-order valence-corrected chi connectivity index (χ3v) is 6.57. The fraction of sp³-hybridized carbons (Fsp3) is 0.400. The average molecular weight is 472 g/mol. The summed E-state index contributed by atoms with van der Waals surface area (Å²) in [7, 11) is 0. The molecule has 0 unspecified atom stereocenters. The fourth-order valence-corrected chi connectivity index (χ4v) is 4.73. The van der Waals surface area contributed by atoms with Crippen molar-refractivity contribution in [3.63, 3.8) is 0 Å². The number of hydrogen-bond acceptors (Lipinski definition) is 4. The van der Waals surface area contributed by atoms with Gasteiger partial charge in [-0.05, 0) is 49.4 Å². The number of ether oxygens (including phenoxy) is 1. The number of carbonyl (C=O) groups excluding carboxylic acids is 1. The topological polar surface area (TPSA) is 49.8 Å². The van der Waals surface area contributed by atoms with E-state index in [1.54, 1.807) is 6.08 Å². The summed E-state index contributed by atoms with van der Waals surface area (Å²) in [6, 6.07) is 18.1. The zero-order valence-corrected chi connectivity index (χ0v) is 19.1. The minimum atomic E-state index is -1.21. The van der Waals surface area contributed by atoms with E-state index in [9.17, 15) is 9.90 Å². The first kappa shape index (κ1) is 22.7. The van der Waals surface area contributed by atoms with E-state index in [0.717, 1.165) is 16.6 Å². The summed E-state index contributed by atoms with van der Waals surface area (Å²) in [6.45, 7) is 7.80. The number of aliphatic hydroxyl groups is 1. The van der Waals surface area contributed by atoms with E-state index in [2.05, 4.69) is 39.5 Å². The molecule has 3 rings (SSSR count). The number of hydrogen-bond donors (Lipinski definition) is 1.